The molecule has 2 aromatic carbocycles. The standard InChI is InChI=1S/C30H34N6O3/c1-19-7-12-23-24(17-19)34-27(33-23)26-20(2)31-18-25(32-26)21-8-10-22(11-9-21)28(37)35-13-6-14-36(16-15-35)29(38)39-30(3,4)5/h7-12,17-18H,6,13-16H2,1-5H3,(H,33,34). The number of amides is 2. The number of H-pyrrole nitrogens is 1. The van der Waals surface area contributed by atoms with Crippen LogP contribution in [0, 0.1) is 13.8 Å². The molecule has 5 rings (SSSR count). The summed E-state index contributed by atoms with van der Waals surface area (Å²) in [6.45, 7) is 11.6. The first-order valence-corrected chi connectivity index (χ1v) is 13.3. The third-order valence-corrected chi connectivity index (χ3v) is 6.68. The summed E-state index contributed by atoms with van der Waals surface area (Å²) in [7, 11) is 0. The van der Waals surface area contributed by atoms with Crippen molar-refractivity contribution in [1.29, 1.82) is 0 Å². The molecule has 0 spiro atoms. The van der Waals surface area contributed by atoms with Crippen LogP contribution in [-0.4, -0.2) is 73.5 Å². The predicted octanol–water partition coefficient (Wildman–Crippen LogP) is 5.39. The quantitative estimate of drug-likeness (QED) is 0.384. The van der Waals surface area contributed by atoms with Crippen LogP contribution < -0.4 is 0 Å². The molecular weight excluding hydrogens is 492 g/mol. The van der Waals surface area contributed by atoms with E-state index >= 15 is 0 Å². The number of carbonyl (C=O) groups excluding carboxylic acids is 2. The molecule has 9 heteroatoms. The van der Waals surface area contributed by atoms with E-state index < -0.39 is 5.60 Å². The SMILES string of the molecule is Cc1ccc2nc(-c3nc(-c4ccc(C(=O)N5CCCN(C(=O)OC(C)(C)C)CC5)cc4)cnc3C)[nH]c2c1. The topological polar surface area (TPSA) is 104 Å². The van der Waals surface area contributed by atoms with E-state index in [2.05, 4.69) is 16.0 Å². The molecule has 0 bridgehead atoms. The molecule has 9 nitrogen and oxygen atoms in total. The minimum atomic E-state index is -0.547. The highest BCUT2D eigenvalue weighted by atomic mass is 16.6. The van der Waals surface area contributed by atoms with E-state index in [1.54, 1.807) is 16.0 Å². The molecular formula is C30H34N6O3. The molecule has 0 aliphatic carbocycles. The Morgan fingerprint density at radius 2 is 1.64 bits per heavy atom. The van der Waals surface area contributed by atoms with E-state index in [0.717, 1.165) is 27.9 Å². The summed E-state index contributed by atoms with van der Waals surface area (Å²) >= 11 is 0. The summed E-state index contributed by atoms with van der Waals surface area (Å²) in [5, 5.41) is 0. The van der Waals surface area contributed by atoms with Gasteiger partial charge in [0.2, 0.25) is 0 Å². The highest BCUT2D eigenvalue weighted by Gasteiger charge is 2.26. The summed E-state index contributed by atoms with van der Waals surface area (Å²) in [6, 6.07) is 13.5. The summed E-state index contributed by atoms with van der Waals surface area (Å²) in [5.74, 6) is 0.622. The molecule has 1 aliphatic heterocycles. The van der Waals surface area contributed by atoms with Gasteiger partial charge in [-0.2, -0.15) is 0 Å². The minimum absolute atomic E-state index is 0.0548. The average molecular weight is 527 g/mol. The molecule has 1 saturated heterocycles. The monoisotopic (exact) mass is 526 g/mol. The number of fused-ring (bicyclic) bond motifs is 1. The first kappa shape index (κ1) is 26.3. The van der Waals surface area contributed by atoms with Gasteiger partial charge in [0.05, 0.1) is 28.6 Å². The van der Waals surface area contributed by atoms with Crippen LogP contribution in [0.3, 0.4) is 0 Å². The lowest BCUT2D eigenvalue weighted by molar-refractivity contribution is 0.0255. The summed E-state index contributed by atoms with van der Waals surface area (Å²) in [5.41, 5.74) is 6.09. The Bertz CT molecular complexity index is 1520. The van der Waals surface area contributed by atoms with Gasteiger partial charge in [0.1, 0.15) is 11.3 Å². The van der Waals surface area contributed by atoms with Crippen molar-refractivity contribution in [2.45, 2.75) is 46.6 Å². The summed E-state index contributed by atoms with van der Waals surface area (Å²) < 4.78 is 5.50. The Labute approximate surface area is 228 Å². The third-order valence-electron chi connectivity index (χ3n) is 6.68. The molecule has 4 aromatic rings. The first-order valence-electron chi connectivity index (χ1n) is 13.3. The van der Waals surface area contributed by atoms with Crippen LogP contribution in [0.5, 0.6) is 0 Å². The lowest BCUT2D eigenvalue weighted by Gasteiger charge is -2.26. The van der Waals surface area contributed by atoms with E-state index in [0.29, 0.717) is 55.4 Å². The van der Waals surface area contributed by atoms with E-state index in [1.807, 2.05) is 71.0 Å². The van der Waals surface area contributed by atoms with Gasteiger partial charge in [0, 0.05) is 37.3 Å². The number of aromatic amines is 1. The van der Waals surface area contributed by atoms with Gasteiger partial charge < -0.3 is 19.5 Å². The fourth-order valence-electron chi connectivity index (χ4n) is 4.64. The Balaban J connectivity index is 1.30. The van der Waals surface area contributed by atoms with Gasteiger partial charge in [0.15, 0.2) is 5.82 Å². The van der Waals surface area contributed by atoms with Gasteiger partial charge >= 0.3 is 6.09 Å². The predicted molar refractivity (Wildman–Crippen MR) is 150 cm³/mol. The lowest BCUT2D eigenvalue weighted by atomic mass is 10.1. The second-order valence-electron chi connectivity index (χ2n) is 11.0. The molecule has 202 valence electrons. The van der Waals surface area contributed by atoms with Crippen LogP contribution in [0.4, 0.5) is 4.79 Å². The smallest absolute Gasteiger partial charge is 0.410 e. The molecule has 1 aliphatic rings. The number of hydrogen-bond donors (Lipinski definition) is 1. The highest BCUT2D eigenvalue weighted by Crippen LogP contribution is 2.25. The first-order chi connectivity index (χ1) is 18.6. The number of rotatable bonds is 3. The largest absolute Gasteiger partial charge is 0.444 e. The normalized spacial score (nSPS) is 14.4. The lowest BCUT2D eigenvalue weighted by Crippen LogP contribution is -2.40. The summed E-state index contributed by atoms with van der Waals surface area (Å²) in [4.78, 5) is 46.7. The molecule has 1 N–H and O–H groups in total. The van der Waals surface area contributed by atoms with Crippen molar-refractivity contribution in [1.82, 2.24) is 29.7 Å². The Kier molecular flexibility index (Phi) is 7.08. The van der Waals surface area contributed by atoms with Crippen LogP contribution >= 0.6 is 0 Å². The molecule has 1 fully saturated rings. The van der Waals surface area contributed by atoms with Crippen molar-refractivity contribution in [3.05, 3.63) is 65.5 Å². The number of carbonyl (C=O) groups is 2. The number of aryl methyl sites for hydroxylation is 2. The van der Waals surface area contributed by atoms with Gasteiger partial charge in [-0.1, -0.05) is 18.2 Å². The number of imidazole rings is 1. The van der Waals surface area contributed by atoms with Crippen molar-refractivity contribution in [2.24, 2.45) is 0 Å². The van der Waals surface area contributed by atoms with Crippen LogP contribution in [-0.2, 0) is 4.74 Å². The highest BCUT2D eigenvalue weighted by molar-refractivity contribution is 5.94. The van der Waals surface area contributed by atoms with Gasteiger partial charge in [-0.3, -0.25) is 9.78 Å². The molecule has 0 unspecified atom stereocenters. The zero-order chi connectivity index (χ0) is 27.7. The van der Waals surface area contributed by atoms with E-state index in [9.17, 15) is 9.59 Å². The number of ether oxygens (including phenoxy) is 1. The molecule has 2 amide bonds. The van der Waals surface area contributed by atoms with Crippen LogP contribution in [0.1, 0.15) is 48.8 Å². The number of benzene rings is 2. The van der Waals surface area contributed by atoms with Crippen molar-refractivity contribution in [3.8, 4) is 22.8 Å². The second-order valence-corrected chi connectivity index (χ2v) is 11.0. The van der Waals surface area contributed by atoms with Gasteiger partial charge in [0.25, 0.3) is 5.91 Å². The molecule has 0 radical (unpaired) electrons. The van der Waals surface area contributed by atoms with E-state index in [4.69, 9.17) is 14.7 Å². The maximum atomic E-state index is 13.2. The zero-order valence-electron chi connectivity index (χ0n) is 23.1. The van der Waals surface area contributed by atoms with Crippen molar-refractivity contribution >= 4 is 23.0 Å². The zero-order valence-corrected chi connectivity index (χ0v) is 23.1. The maximum absolute atomic E-state index is 13.2. The molecule has 2 aromatic heterocycles. The van der Waals surface area contributed by atoms with Crippen molar-refractivity contribution in [2.75, 3.05) is 26.2 Å². The van der Waals surface area contributed by atoms with E-state index in [-0.39, 0.29) is 12.0 Å². The average Bonchev–Trinajstić information content (AvgIpc) is 3.14. The molecule has 0 saturated carbocycles. The molecule has 39 heavy (non-hydrogen) atoms. The van der Waals surface area contributed by atoms with Crippen LogP contribution in [0.15, 0.2) is 48.7 Å². The number of nitrogens with one attached hydrogen (secondary N) is 1. The van der Waals surface area contributed by atoms with E-state index in [1.165, 1.54) is 0 Å². The van der Waals surface area contributed by atoms with Crippen LogP contribution in [0.2, 0.25) is 0 Å². The molecule has 3 heterocycles. The van der Waals surface area contributed by atoms with Gasteiger partial charge in [-0.25, -0.2) is 14.8 Å². The Morgan fingerprint density at radius 1 is 0.923 bits per heavy atom. The minimum Gasteiger partial charge on any atom is -0.444 e. The number of aromatic nitrogens is 4. The molecule has 0 atom stereocenters. The van der Waals surface area contributed by atoms with Crippen molar-refractivity contribution in [3.63, 3.8) is 0 Å². The Morgan fingerprint density at radius 3 is 2.38 bits per heavy atom. The summed E-state index contributed by atoms with van der Waals surface area (Å²) in [6.07, 6.45) is 2.10. The fourth-order valence-corrected chi connectivity index (χ4v) is 4.64. The van der Waals surface area contributed by atoms with Gasteiger partial charge in [-0.15, -0.1) is 0 Å². The third kappa shape index (κ3) is 5.92. The number of nitrogens with zero attached hydrogens (tertiary/aromatic N) is 5. The number of hydrogen-bond acceptors (Lipinski definition) is 6. The maximum Gasteiger partial charge on any atom is 0.410 e. The van der Waals surface area contributed by atoms with Gasteiger partial charge in [-0.05, 0) is 70.9 Å². The van der Waals surface area contributed by atoms with Crippen molar-refractivity contribution < 1.29 is 14.3 Å². The Hall–Kier alpha value is -4.27. The second kappa shape index (κ2) is 10.5. The fraction of sp³-hybridized carbons (Fsp3) is 0.367. The van der Waals surface area contributed by atoms with Crippen LogP contribution in [0.25, 0.3) is 33.8 Å².